The molecule has 1 aliphatic carbocycles. The Labute approximate surface area is 204 Å². The number of amides is 2. The fourth-order valence-electron chi connectivity index (χ4n) is 5.60. The van der Waals surface area contributed by atoms with Crippen molar-refractivity contribution < 1.29 is 14.3 Å². The van der Waals surface area contributed by atoms with E-state index in [1.165, 1.54) is 0 Å². The quantitative estimate of drug-likeness (QED) is 0.677. The summed E-state index contributed by atoms with van der Waals surface area (Å²) in [7, 11) is 0. The second-order valence-electron chi connectivity index (χ2n) is 10.4. The van der Waals surface area contributed by atoms with Crippen LogP contribution < -0.4 is 20.4 Å². The number of morpholine rings is 2. The van der Waals surface area contributed by atoms with Crippen molar-refractivity contribution in [3.63, 3.8) is 0 Å². The summed E-state index contributed by atoms with van der Waals surface area (Å²) < 4.78 is 12.1. The van der Waals surface area contributed by atoms with Crippen molar-refractivity contribution >= 4 is 23.6 Å². The van der Waals surface area contributed by atoms with Crippen molar-refractivity contribution in [2.75, 3.05) is 41.3 Å². The van der Waals surface area contributed by atoms with Crippen molar-refractivity contribution in [1.82, 2.24) is 20.3 Å². The SMILES string of the molecule is O=C(Nc1ccc(-c2nc(N3CC4CCC(C3)O4)nc(N3CC4CCC(C3)O4)n2)cc1)NC1CC1. The van der Waals surface area contributed by atoms with E-state index in [2.05, 4.69) is 20.4 Å². The van der Waals surface area contributed by atoms with E-state index in [0.717, 1.165) is 87.9 Å². The summed E-state index contributed by atoms with van der Waals surface area (Å²) in [5.74, 6) is 2.08. The minimum absolute atomic E-state index is 0.158. The van der Waals surface area contributed by atoms with Gasteiger partial charge >= 0.3 is 6.03 Å². The average Bonchev–Trinajstić information content (AvgIpc) is 3.54. The molecule has 1 aromatic heterocycles. The normalized spacial score (nSPS) is 29.4. The maximum absolute atomic E-state index is 12.1. The van der Waals surface area contributed by atoms with Gasteiger partial charge in [-0.05, 0) is 62.8 Å². The summed E-state index contributed by atoms with van der Waals surface area (Å²) in [5, 5.41) is 5.85. The summed E-state index contributed by atoms with van der Waals surface area (Å²) in [5.41, 5.74) is 1.64. The van der Waals surface area contributed by atoms with Crippen LogP contribution in [0.2, 0.25) is 0 Å². The van der Waals surface area contributed by atoms with E-state index in [1.807, 2.05) is 24.3 Å². The molecule has 5 aliphatic rings. The smallest absolute Gasteiger partial charge is 0.319 e. The van der Waals surface area contributed by atoms with Crippen LogP contribution >= 0.6 is 0 Å². The van der Waals surface area contributed by atoms with E-state index in [-0.39, 0.29) is 30.4 Å². The zero-order valence-electron chi connectivity index (χ0n) is 19.7. The van der Waals surface area contributed by atoms with Gasteiger partial charge in [0.15, 0.2) is 5.82 Å². The van der Waals surface area contributed by atoms with Gasteiger partial charge in [0.2, 0.25) is 11.9 Å². The monoisotopic (exact) mass is 477 g/mol. The molecule has 1 saturated carbocycles. The summed E-state index contributed by atoms with van der Waals surface area (Å²) in [6.45, 7) is 3.25. The third-order valence-corrected chi connectivity index (χ3v) is 7.58. The molecule has 4 saturated heterocycles. The molecule has 0 radical (unpaired) electrons. The minimum atomic E-state index is -0.158. The Hall–Kier alpha value is -2.98. The summed E-state index contributed by atoms with van der Waals surface area (Å²) in [6.07, 6.45) is 7.53. The van der Waals surface area contributed by atoms with Gasteiger partial charge in [-0.2, -0.15) is 15.0 Å². The number of urea groups is 1. The minimum Gasteiger partial charge on any atom is -0.371 e. The molecule has 7 rings (SSSR count). The third kappa shape index (κ3) is 4.52. The number of carbonyl (C=O) groups excluding carboxylic acids is 1. The Bertz CT molecular complexity index is 1040. The van der Waals surface area contributed by atoms with Gasteiger partial charge < -0.3 is 29.9 Å². The van der Waals surface area contributed by atoms with Crippen LogP contribution in [0.3, 0.4) is 0 Å². The molecule has 35 heavy (non-hydrogen) atoms. The van der Waals surface area contributed by atoms with E-state index < -0.39 is 0 Å². The second kappa shape index (κ2) is 8.60. The molecule has 2 N–H and O–H groups in total. The Balaban J connectivity index is 1.17. The summed E-state index contributed by atoms with van der Waals surface area (Å²) in [4.78, 5) is 31.3. The molecule has 4 aliphatic heterocycles. The number of hydrogen-bond donors (Lipinski definition) is 2. The number of ether oxygens (including phenoxy) is 2. The lowest BCUT2D eigenvalue weighted by molar-refractivity contribution is 0.0293. The van der Waals surface area contributed by atoms with Gasteiger partial charge in [0, 0.05) is 43.5 Å². The van der Waals surface area contributed by atoms with Crippen LogP contribution in [0.1, 0.15) is 38.5 Å². The Morgan fingerprint density at radius 3 is 1.74 bits per heavy atom. The first-order valence-electron chi connectivity index (χ1n) is 12.9. The number of benzene rings is 1. The topological polar surface area (TPSA) is 105 Å². The molecular formula is C25H31N7O3. The largest absolute Gasteiger partial charge is 0.371 e. The molecule has 0 spiro atoms. The van der Waals surface area contributed by atoms with Crippen LogP contribution in [0.5, 0.6) is 0 Å². The molecule has 4 atom stereocenters. The fraction of sp³-hybridized carbons (Fsp3) is 0.600. The van der Waals surface area contributed by atoms with Crippen LogP contribution in [0, 0.1) is 0 Å². The number of fused-ring (bicyclic) bond motifs is 4. The number of hydrogen-bond acceptors (Lipinski definition) is 8. The number of nitrogens with one attached hydrogen (secondary N) is 2. The fourth-order valence-corrected chi connectivity index (χ4v) is 5.60. The Kier molecular flexibility index (Phi) is 5.24. The van der Waals surface area contributed by atoms with Gasteiger partial charge in [-0.3, -0.25) is 0 Å². The Morgan fingerprint density at radius 2 is 1.26 bits per heavy atom. The van der Waals surface area contributed by atoms with Crippen LogP contribution in [-0.4, -0.2) is 77.6 Å². The maximum atomic E-state index is 12.1. The standard InChI is InChI=1S/C25H31N7O3/c33-25(27-17-5-6-17)26-16-3-1-15(2-4-16)22-28-23(31-11-18-7-8-19(12-31)34-18)30-24(29-22)32-13-20-9-10-21(14-32)35-20/h1-4,17-21H,5-14H2,(H2,26,27,33). The molecule has 1 aromatic carbocycles. The lowest BCUT2D eigenvalue weighted by Gasteiger charge is -2.34. The zero-order chi connectivity index (χ0) is 23.4. The number of aromatic nitrogens is 3. The lowest BCUT2D eigenvalue weighted by Crippen LogP contribution is -2.45. The van der Waals surface area contributed by atoms with E-state index >= 15 is 0 Å². The van der Waals surface area contributed by atoms with E-state index in [1.54, 1.807) is 0 Å². The van der Waals surface area contributed by atoms with Crippen LogP contribution in [0.15, 0.2) is 24.3 Å². The first kappa shape index (κ1) is 21.3. The molecule has 5 fully saturated rings. The highest BCUT2D eigenvalue weighted by molar-refractivity contribution is 5.89. The molecule has 2 aromatic rings. The predicted molar refractivity (Wildman–Crippen MR) is 131 cm³/mol. The highest BCUT2D eigenvalue weighted by atomic mass is 16.5. The van der Waals surface area contributed by atoms with E-state index in [0.29, 0.717) is 11.9 Å². The van der Waals surface area contributed by atoms with Crippen LogP contribution in [-0.2, 0) is 9.47 Å². The van der Waals surface area contributed by atoms with Gasteiger partial charge in [0.05, 0.1) is 24.4 Å². The van der Waals surface area contributed by atoms with Gasteiger partial charge in [-0.25, -0.2) is 4.79 Å². The van der Waals surface area contributed by atoms with Crippen molar-refractivity contribution in [1.29, 1.82) is 0 Å². The van der Waals surface area contributed by atoms with E-state index in [4.69, 9.17) is 24.4 Å². The lowest BCUT2D eigenvalue weighted by atomic mass is 10.2. The van der Waals surface area contributed by atoms with Gasteiger partial charge in [0.25, 0.3) is 0 Å². The van der Waals surface area contributed by atoms with Gasteiger partial charge in [0.1, 0.15) is 0 Å². The average molecular weight is 478 g/mol. The number of carbonyl (C=O) groups is 1. The number of rotatable bonds is 5. The van der Waals surface area contributed by atoms with Crippen molar-refractivity contribution in [3.05, 3.63) is 24.3 Å². The molecule has 10 nitrogen and oxygen atoms in total. The molecule has 2 amide bonds. The molecule has 184 valence electrons. The van der Waals surface area contributed by atoms with Crippen molar-refractivity contribution in [2.45, 2.75) is 69.0 Å². The van der Waals surface area contributed by atoms with Crippen LogP contribution in [0.25, 0.3) is 11.4 Å². The Morgan fingerprint density at radius 1 is 0.743 bits per heavy atom. The summed E-state index contributed by atoms with van der Waals surface area (Å²) in [6, 6.07) is 7.88. The zero-order valence-corrected chi connectivity index (χ0v) is 19.7. The highest BCUT2D eigenvalue weighted by Gasteiger charge is 2.37. The molecule has 5 heterocycles. The van der Waals surface area contributed by atoms with Gasteiger partial charge in [-0.1, -0.05) is 0 Å². The first-order valence-corrected chi connectivity index (χ1v) is 12.9. The number of anilines is 3. The molecule has 4 bridgehead atoms. The third-order valence-electron chi connectivity index (χ3n) is 7.58. The van der Waals surface area contributed by atoms with Gasteiger partial charge in [-0.15, -0.1) is 0 Å². The first-order chi connectivity index (χ1) is 17.1. The second-order valence-corrected chi connectivity index (χ2v) is 10.4. The van der Waals surface area contributed by atoms with E-state index in [9.17, 15) is 4.79 Å². The molecule has 4 unspecified atom stereocenters. The molecule has 10 heteroatoms. The van der Waals surface area contributed by atoms with Crippen molar-refractivity contribution in [2.24, 2.45) is 0 Å². The summed E-state index contributed by atoms with van der Waals surface area (Å²) >= 11 is 0. The maximum Gasteiger partial charge on any atom is 0.319 e. The molecular weight excluding hydrogens is 446 g/mol. The van der Waals surface area contributed by atoms with Crippen LogP contribution in [0.4, 0.5) is 22.4 Å². The van der Waals surface area contributed by atoms with Crippen molar-refractivity contribution in [3.8, 4) is 11.4 Å². The number of nitrogens with zero attached hydrogens (tertiary/aromatic N) is 5. The predicted octanol–water partition coefficient (Wildman–Crippen LogP) is 2.56. The highest BCUT2D eigenvalue weighted by Crippen LogP contribution is 2.32.